The van der Waals surface area contributed by atoms with Crippen LogP contribution in [0.2, 0.25) is 0 Å². The zero-order valence-electron chi connectivity index (χ0n) is 24.8. The van der Waals surface area contributed by atoms with E-state index in [9.17, 15) is 0 Å². The van der Waals surface area contributed by atoms with Crippen molar-refractivity contribution in [3.8, 4) is 33.8 Å². The van der Waals surface area contributed by atoms with E-state index >= 15 is 0 Å². The van der Waals surface area contributed by atoms with Crippen LogP contribution < -0.4 is 0 Å². The Balaban J connectivity index is 1.36. The Morgan fingerprint density at radius 2 is 1.34 bits per heavy atom. The molecule has 9 rings (SSSR count). The molecule has 3 heteroatoms. The lowest BCUT2D eigenvalue weighted by molar-refractivity contribution is 0.490. The van der Waals surface area contributed by atoms with Crippen LogP contribution in [-0.4, -0.2) is 9.97 Å². The van der Waals surface area contributed by atoms with Crippen molar-refractivity contribution in [3.63, 3.8) is 0 Å². The van der Waals surface area contributed by atoms with Gasteiger partial charge in [-0.05, 0) is 64.1 Å². The van der Waals surface area contributed by atoms with Crippen molar-refractivity contribution in [2.75, 3.05) is 0 Å². The second-order valence-corrected chi connectivity index (χ2v) is 13.0. The van der Waals surface area contributed by atoms with E-state index in [0.29, 0.717) is 0 Å². The van der Waals surface area contributed by atoms with Gasteiger partial charge < -0.3 is 0 Å². The summed E-state index contributed by atoms with van der Waals surface area (Å²) in [5, 5.41) is 6.13. The van der Waals surface area contributed by atoms with E-state index < -0.39 is 0 Å². The number of thiophene rings is 1. The Hall–Kier alpha value is -4.86. The number of fused-ring (bicyclic) bond motifs is 10. The van der Waals surface area contributed by atoms with Gasteiger partial charge in [-0.25, -0.2) is 9.97 Å². The molecular weight excluding hydrogens is 553 g/mol. The summed E-state index contributed by atoms with van der Waals surface area (Å²) in [6.45, 7) is 4.64. The van der Waals surface area contributed by atoms with E-state index in [1.807, 2.05) is 11.3 Å². The average molecular weight is 583 g/mol. The van der Waals surface area contributed by atoms with Crippen LogP contribution >= 0.6 is 11.3 Å². The van der Waals surface area contributed by atoms with Crippen molar-refractivity contribution in [3.05, 3.63) is 132 Å². The standard InChI is InChI=1S/C41H30N2S/c1-3-41(4-2)33-17-11-10-16-29(33)32-24-27(19-22-34(32)41)40-42-37(26-13-6-5-7-14-26)31-21-23-35-36(38(31)43-40)30-20-18-25-12-8-9-15-28(25)39(30)44-35/h5-24H,3-4H2,1-2H3. The van der Waals surface area contributed by atoms with Gasteiger partial charge in [-0.2, -0.15) is 0 Å². The number of aromatic nitrogens is 2. The van der Waals surface area contributed by atoms with E-state index in [1.54, 1.807) is 0 Å². The lowest BCUT2D eigenvalue weighted by Gasteiger charge is -2.29. The fourth-order valence-electron chi connectivity index (χ4n) is 7.74. The molecule has 1 aliphatic carbocycles. The largest absolute Gasteiger partial charge is 0.227 e. The van der Waals surface area contributed by atoms with Gasteiger partial charge in [0.1, 0.15) is 0 Å². The molecule has 0 spiro atoms. The summed E-state index contributed by atoms with van der Waals surface area (Å²) in [5.41, 5.74) is 9.74. The van der Waals surface area contributed by atoms with Crippen molar-refractivity contribution in [2.24, 2.45) is 0 Å². The average Bonchev–Trinajstić information content (AvgIpc) is 3.62. The summed E-state index contributed by atoms with van der Waals surface area (Å²) in [5.74, 6) is 0.773. The fraction of sp³-hybridized carbons (Fsp3) is 0.122. The highest BCUT2D eigenvalue weighted by atomic mass is 32.1. The molecule has 0 radical (unpaired) electrons. The van der Waals surface area contributed by atoms with Crippen LogP contribution in [0.15, 0.2) is 121 Å². The molecule has 210 valence electrons. The minimum atomic E-state index is 0.0500. The Kier molecular flexibility index (Phi) is 5.57. The van der Waals surface area contributed by atoms with Crippen molar-refractivity contribution in [1.82, 2.24) is 9.97 Å². The number of nitrogens with zero attached hydrogens (tertiary/aromatic N) is 2. The molecule has 0 aliphatic heterocycles. The van der Waals surface area contributed by atoms with E-state index in [-0.39, 0.29) is 5.41 Å². The van der Waals surface area contributed by atoms with Crippen molar-refractivity contribution < 1.29 is 0 Å². The monoisotopic (exact) mass is 582 g/mol. The quantitative estimate of drug-likeness (QED) is 0.206. The summed E-state index contributed by atoms with van der Waals surface area (Å²) >= 11 is 1.86. The Morgan fingerprint density at radius 3 is 2.20 bits per heavy atom. The Morgan fingerprint density at radius 1 is 0.591 bits per heavy atom. The predicted octanol–water partition coefficient (Wildman–Crippen LogP) is 11.6. The fourth-order valence-corrected chi connectivity index (χ4v) is 8.98. The molecule has 6 aromatic carbocycles. The van der Waals surface area contributed by atoms with E-state index in [1.165, 1.54) is 53.2 Å². The second kappa shape index (κ2) is 9.57. The summed E-state index contributed by atoms with van der Waals surface area (Å²) in [6, 6.07) is 44.1. The first-order valence-corrected chi connectivity index (χ1v) is 16.4. The van der Waals surface area contributed by atoms with Gasteiger partial charge in [0.2, 0.25) is 0 Å². The smallest absolute Gasteiger partial charge is 0.160 e. The molecule has 0 fully saturated rings. The molecular formula is C41H30N2S. The molecule has 0 saturated carbocycles. The third-order valence-corrected chi connectivity index (χ3v) is 11.2. The van der Waals surface area contributed by atoms with Crippen molar-refractivity contribution in [1.29, 1.82) is 0 Å². The maximum Gasteiger partial charge on any atom is 0.160 e. The van der Waals surface area contributed by atoms with Crippen LogP contribution in [0.3, 0.4) is 0 Å². The van der Waals surface area contributed by atoms with Gasteiger partial charge >= 0.3 is 0 Å². The Bertz CT molecular complexity index is 2410. The van der Waals surface area contributed by atoms with Crippen LogP contribution in [0.5, 0.6) is 0 Å². The van der Waals surface area contributed by atoms with Crippen LogP contribution in [-0.2, 0) is 5.41 Å². The van der Waals surface area contributed by atoms with Gasteiger partial charge in [-0.15, -0.1) is 11.3 Å². The number of hydrogen-bond donors (Lipinski definition) is 0. The highest BCUT2D eigenvalue weighted by molar-refractivity contribution is 7.26. The molecule has 0 saturated heterocycles. The van der Waals surface area contributed by atoms with Gasteiger partial charge in [-0.1, -0.05) is 117 Å². The van der Waals surface area contributed by atoms with Crippen LogP contribution in [0.25, 0.3) is 75.6 Å². The third-order valence-electron chi connectivity index (χ3n) is 9.97. The molecule has 8 aromatic rings. The lowest BCUT2D eigenvalue weighted by Crippen LogP contribution is -2.22. The van der Waals surface area contributed by atoms with Crippen LogP contribution in [0.1, 0.15) is 37.8 Å². The summed E-state index contributed by atoms with van der Waals surface area (Å²) < 4.78 is 2.57. The van der Waals surface area contributed by atoms with Gasteiger partial charge in [0.15, 0.2) is 5.82 Å². The molecule has 0 N–H and O–H groups in total. The molecule has 0 bridgehead atoms. The number of hydrogen-bond acceptors (Lipinski definition) is 3. The van der Waals surface area contributed by atoms with Gasteiger partial charge in [-0.3, -0.25) is 0 Å². The molecule has 44 heavy (non-hydrogen) atoms. The first-order valence-electron chi connectivity index (χ1n) is 15.5. The Labute approximate surface area is 260 Å². The molecule has 0 atom stereocenters. The highest BCUT2D eigenvalue weighted by Crippen LogP contribution is 2.53. The van der Waals surface area contributed by atoms with E-state index in [0.717, 1.165) is 46.4 Å². The molecule has 2 aromatic heterocycles. The number of rotatable bonds is 4. The summed E-state index contributed by atoms with van der Waals surface area (Å²) in [4.78, 5) is 10.7. The molecule has 0 amide bonds. The molecule has 2 nitrogen and oxygen atoms in total. The molecule has 2 heterocycles. The van der Waals surface area contributed by atoms with Gasteiger partial charge in [0.05, 0.1) is 11.2 Å². The SMILES string of the molecule is CCC1(CC)c2ccccc2-c2cc(-c3nc(-c4ccccc4)c4ccc5sc6c7ccccc7ccc6c5c4n3)ccc21. The first kappa shape index (κ1) is 25.6. The zero-order chi connectivity index (χ0) is 29.4. The predicted molar refractivity (Wildman–Crippen MR) is 188 cm³/mol. The normalized spacial score (nSPS) is 13.6. The lowest BCUT2D eigenvalue weighted by atomic mass is 9.74. The zero-order valence-corrected chi connectivity index (χ0v) is 25.6. The van der Waals surface area contributed by atoms with Crippen molar-refractivity contribution >= 4 is 53.2 Å². The summed E-state index contributed by atoms with van der Waals surface area (Å²) in [7, 11) is 0. The number of benzene rings is 6. The second-order valence-electron chi connectivity index (χ2n) is 12.0. The van der Waals surface area contributed by atoms with Gasteiger partial charge in [0, 0.05) is 42.1 Å². The third kappa shape index (κ3) is 3.48. The van der Waals surface area contributed by atoms with Gasteiger partial charge in [0.25, 0.3) is 0 Å². The maximum absolute atomic E-state index is 5.42. The highest BCUT2D eigenvalue weighted by Gasteiger charge is 2.40. The van der Waals surface area contributed by atoms with E-state index in [2.05, 4.69) is 135 Å². The van der Waals surface area contributed by atoms with Crippen LogP contribution in [0.4, 0.5) is 0 Å². The topological polar surface area (TPSA) is 25.8 Å². The minimum absolute atomic E-state index is 0.0500. The maximum atomic E-state index is 5.42. The molecule has 0 unspecified atom stereocenters. The minimum Gasteiger partial charge on any atom is -0.227 e. The first-order chi connectivity index (χ1) is 21.7. The molecule has 1 aliphatic rings. The van der Waals surface area contributed by atoms with Crippen LogP contribution in [0, 0.1) is 0 Å². The van der Waals surface area contributed by atoms with E-state index in [4.69, 9.17) is 9.97 Å². The summed E-state index contributed by atoms with van der Waals surface area (Å²) in [6.07, 6.45) is 2.16. The van der Waals surface area contributed by atoms with Crippen molar-refractivity contribution in [2.45, 2.75) is 32.1 Å².